The Labute approximate surface area is 97.6 Å². The van der Waals surface area contributed by atoms with Gasteiger partial charge in [0.05, 0.1) is 5.69 Å². The number of likely N-dealkylation sites (N-methyl/N-ethyl adjacent to an activating group) is 1. The van der Waals surface area contributed by atoms with Gasteiger partial charge in [-0.2, -0.15) is 5.10 Å². The molecule has 1 N–H and O–H groups in total. The number of aromatic nitrogens is 2. The molecular formula is C12H22N4. The van der Waals surface area contributed by atoms with Crippen LogP contribution in [0.15, 0.2) is 12.3 Å². The lowest BCUT2D eigenvalue weighted by molar-refractivity contribution is 0.241. The molecule has 0 spiro atoms. The third-order valence-electron chi connectivity index (χ3n) is 3.31. The van der Waals surface area contributed by atoms with Gasteiger partial charge in [-0.1, -0.05) is 6.92 Å². The van der Waals surface area contributed by atoms with E-state index in [-0.39, 0.29) is 0 Å². The van der Waals surface area contributed by atoms with Gasteiger partial charge < -0.3 is 5.32 Å². The van der Waals surface area contributed by atoms with E-state index in [0.717, 1.165) is 32.6 Å². The molecule has 1 aromatic heterocycles. The highest BCUT2D eigenvalue weighted by Gasteiger charge is 2.19. The molecule has 2 rings (SSSR count). The van der Waals surface area contributed by atoms with E-state index in [4.69, 9.17) is 0 Å². The van der Waals surface area contributed by atoms with Gasteiger partial charge in [-0.3, -0.25) is 9.58 Å². The van der Waals surface area contributed by atoms with Crippen LogP contribution in [0.1, 0.15) is 25.5 Å². The van der Waals surface area contributed by atoms with Gasteiger partial charge in [0.1, 0.15) is 0 Å². The summed E-state index contributed by atoms with van der Waals surface area (Å²) in [4.78, 5) is 2.43. The monoisotopic (exact) mass is 222 g/mol. The molecule has 0 saturated carbocycles. The van der Waals surface area contributed by atoms with E-state index in [0.29, 0.717) is 6.04 Å². The molecular weight excluding hydrogens is 200 g/mol. The summed E-state index contributed by atoms with van der Waals surface area (Å²) in [5.41, 5.74) is 1.33. The second kappa shape index (κ2) is 5.46. The fraction of sp³-hybridized carbons (Fsp3) is 0.750. The Morgan fingerprint density at radius 2 is 2.50 bits per heavy atom. The van der Waals surface area contributed by atoms with Crippen molar-refractivity contribution in [1.29, 1.82) is 0 Å². The first-order valence-electron chi connectivity index (χ1n) is 6.23. The van der Waals surface area contributed by atoms with Crippen molar-refractivity contribution in [2.24, 2.45) is 0 Å². The molecule has 1 fully saturated rings. The topological polar surface area (TPSA) is 33.1 Å². The van der Waals surface area contributed by atoms with Crippen LogP contribution in [-0.2, 0) is 13.1 Å². The molecule has 16 heavy (non-hydrogen) atoms. The summed E-state index contributed by atoms with van der Waals surface area (Å²) >= 11 is 0. The lowest BCUT2D eigenvalue weighted by Gasteiger charge is -2.23. The molecule has 90 valence electrons. The first-order valence-corrected chi connectivity index (χ1v) is 6.23. The van der Waals surface area contributed by atoms with Gasteiger partial charge >= 0.3 is 0 Å². The van der Waals surface area contributed by atoms with E-state index < -0.39 is 0 Å². The van der Waals surface area contributed by atoms with E-state index in [1.54, 1.807) is 0 Å². The van der Waals surface area contributed by atoms with Crippen molar-refractivity contribution in [2.75, 3.05) is 20.1 Å². The minimum absolute atomic E-state index is 0.685. The second-order valence-electron chi connectivity index (χ2n) is 4.61. The van der Waals surface area contributed by atoms with Crippen molar-refractivity contribution < 1.29 is 0 Å². The Hall–Kier alpha value is -0.870. The zero-order valence-electron chi connectivity index (χ0n) is 10.3. The third-order valence-corrected chi connectivity index (χ3v) is 3.31. The number of hydrogen-bond donors (Lipinski definition) is 1. The molecule has 0 radical (unpaired) electrons. The fourth-order valence-electron chi connectivity index (χ4n) is 2.31. The summed E-state index contributed by atoms with van der Waals surface area (Å²) in [7, 11) is 2.21. The van der Waals surface area contributed by atoms with Crippen molar-refractivity contribution in [3.05, 3.63) is 18.0 Å². The maximum Gasteiger partial charge on any atom is 0.0524 e. The molecule has 4 heteroatoms. The van der Waals surface area contributed by atoms with Crippen LogP contribution in [-0.4, -0.2) is 40.9 Å². The minimum atomic E-state index is 0.685. The van der Waals surface area contributed by atoms with Crippen molar-refractivity contribution in [2.45, 2.75) is 38.9 Å². The molecule has 1 aliphatic rings. The zero-order valence-corrected chi connectivity index (χ0v) is 10.3. The molecule has 1 saturated heterocycles. The lowest BCUT2D eigenvalue weighted by atomic mass is 10.2. The van der Waals surface area contributed by atoms with Gasteiger partial charge in [0.15, 0.2) is 0 Å². The molecule has 1 aromatic rings. The quantitative estimate of drug-likeness (QED) is 0.809. The highest BCUT2D eigenvalue weighted by molar-refractivity contribution is 5.01. The second-order valence-corrected chi connectivity index (χ2v) is 4.61. The Bertz CT molecular complexity index is 315. The number of hydrogen-bond acceptors (Lipinski definition) is 3. The highest BCUT2D eigenvalue weighted by atomic mass is 15.3. The van der Waals surface area contributed by atoms with Crippen LogP contribution in [0, 0.1) is 0 Å². The minimum Gasteiger partial charge on any atom is -0.315 e. The first kappa shape index (κ1) is 11.6. The highest BCUT2D eigenvalue weighted by Crippen LogP contribution is 2.11. The SMILES string of the molecule is CCCn1nccc1CN(C)C1CCNC1. The number of nitrogens with zero attached hydrogens (tertiary/aromatic N) is 3. The van der Waals surface area contributed by atoms with Gasteiger partial charge in [0.25, 0.3) is 0 Å². The summed E-state index contributed by atoms with van der Waals surface area (Å²) in [5.74, 6) is 0. The molecule has 2 heterocycles. The van der Waals surface area contributed by atoms with Gasteiger partial charge in [-0.15, -0.1) is 0 Å². The third kappa shape index (κ3) is 2.62. The molecule has 0 aliphatic carbocycles. The summed E-state index contributed by atoms with van der Waals surface area (Å²) in [6, 6.07) is 2.82. The van der Waals surface area contributed by atoms with Crippen LogP contribution in [0.4, 0.5) is 0 Å². The van der Waals surface area contributed by atoms with Gasteiger partial charge in [-0.05, 0) is 32.5 Å². The van der Waals surface area contributed by atoms with Crippen LogP contribution in [0.25, 0.3) is 0 Å². The molecule has 1 unspecified atom stereocenters. The van der Waals surface area contributed by atoms with Crippen LogP contribution in [0.3, 0.4) is 0 Å². The number of nitrogens with one attached hydrogen (secondary N) is 1. The summed E-state index contributed by atoms with van der Waals surface area (Å²) < 4.78 is 2.12. The Morgan fingerprint density at radius 1 is 1.62 bits per heavy atom. The molecule has 1 aliphatic heterocycles. The first-order chi connectivity index (χ1) is 7.81. The summed E-state index contributed by atoms with van der Waals surface area (Å²) in [6.07, 6.45) is 4.31. The smallest absolute Gasteiger partial charge is 0.0524 e. The van der Waals surface area contributed by atoms with Crippen LogP contribution < -0.4 is 5.32 Å². The van der Waals surface area contributed by atoms with Crippen molar-refractivity contribution >= 4 is 0 Å². The molecule has 0 aromatic carbocycles. The largest absolute Gasteiger partial charge is 0.315 e. The van der Waals surface area contributed by atoms with Crippen molar-refractivity contribution in [1.82, 2.24) is 20.0 Å². The Morgan fingerprint density at radius 3 is 3.19 bits per heavy atom. The summed E-state index contributed by atoms with van der Waals surface area (Å²) in [6.45, 7) is 6.50. The van der Waals surface area contributed by atoms with Crippen LogP contribution in [0.2, 0.25) is 0 Å². The van der Waals surface area contributed by atoms with E-state index in [1.165, 1.54) is 12.1 Å². The lowest BCUT2D eigenvalue weighted by Crippen LogP contribution is -2.33. The average Bonchev–Trinajstić information content (AvgIpc) is 2.90. The predicted molar refractivity (Wildman–Crippen MR) is 65.3 cm³/mol. The maximum atomic E-state index is 4.36. The maximum absolute atomic E-state index is 4.36. The van der Waals surface area contributed by atoms with E-state index >= 15 is 0 Å². The molecule has 4 nitrogen and oxygen atoms in total. The molecule has 0 bridgehead atoms. The fourth-order valence-corrected chi connectivity index (χ4v) is 2.31. The predicted octanol–water partition coefficient (Wildman–Crippen LogP) is 1.09. The van der Waals surface area contributed by atoms with Crippen molar-refractivity contribution in [3.63, 3.8) is 0 Å². The van der Waals surface area contributed by atoms with Gasteiger partial charge in [-0.25, -0.2) is 0 Å². The number of aryl methyl sites for hydroxylation is 1. The average molecular weight is 222 g/mol. The van der Waals surface area contributed by atoms with E-state index in [1.807, 2.05) is 6.20 Å². The Kier molecular flexibility index (Phi) is 3.96. The molecule has 1 atom stereocenters. The van der Waals surface area contributed by atoms with E-state index in [2.05, 4.69) is 40.0 Å². The normalized spacial score (nSPS) is 20.8. The van der Waals surface area contributed by atoms with Gasteiger partial charge in [0, 0.05) is 31.9 Å². The van der Waals surface area contributed by atoms with Gasteiger partial charge in [0.2, 0.25) is 0 Å². The van der Waals surface area contributed by atoms with Crippen molar-refractivity contribution in [3.8, 4) is 0 Å². The van der Waals surface area contributed by atoms with Crippen LogP contribution >= 0.6 is 0 Å². The zero-order chi connectivity index (χ0) is 11.4. The number of rotatable bonds is 5. The van der Waals surface area contributed by atoms with Crippen LogP contribution in [0.5, 0.6) is 0 Å². The molecule has 0 amide bonds. The van der Waals surface area contributed by atoms with E-state index in [9.17, 15) is 0 Å². The standard InChI is InChI=1S/C12H22N4/c1-3-8-16-12(5-7-14-16)10-15(2)11-4-6-13-9-11/h5,7,11,13H,3-4,6,8-10H2,1-2H3. The Balaban J connectivity index is 1.94. The summed E-state index contributed by atoms with van der Waals surface area (Å²) in [5, 5.41) is 7.77.